The predicted octanol–water partition coefficient (Wildman–Crippen LogP) is 4.04. The van der Waals surface area contributed by atoms with Gasteiger partial charge in [0.05, 0.1) is 0 Å². The summed E-state index contributed by atoms with van der Waals surface area (Å²) in [4.78, 5) is 12.1. The first-order chi connectivity index (χ1) is 10.4. The number of carbonyl (C=O) groups excluding carboxylic acids is 1. The van der Waals surface area contributed by atoms with Gasteiger partial charge < -0.3 is 10.1 Å². The number of hydrogen-bond donors (Lipinski definition) is 1. The molecule has 3 nitrogen and oxygen atoms in total. The molecule has 2 rings (SSSR count). The SMILES string of the molecule is Cc1cc(C)cc(O[C@@H](C)C(=O)NCc2ccc(Cl)cc2)c1. The molecule has 0 heterocycles. The third-order valence-corrected chi connectivity index (χ3v) is 3.51. The summed E-state index contributed by atoms with van der Waals surface area (Å²) >= 11 is 5.83. The van der Waals surface area contributed by atoms with E-state index < -0.39 is 6.10 Å². The number of carbonyl (C=O) groups is 1. The fourth-order valence-corrected chi connectivity index (χ4v) is 2.32. The average Bonchev–Trinajstić information content (AvgIpc) is 2.45. The number of aryl methyl sites for hydroxylation is 2. The zero-order chi connectivity index (χ0) is 16.1. The van der Waals surface area contributed by atoms with Crippen LogP contribution in [0.1, 0.15) is 23.6 Å². The van der Waals surface area contributed by atoms with Gasteiger partial charge in [-0.3, -0.25) is 4.79 Å². The third kappa shape index (κ3) is 4.78. The van der Waals surface area contributed by atoms with Crippen LogP contribution in [0.3, 0.4) is 0 Å². The topological polar surface area (TPSA) is 38.3 Å². The van der Waals surface area contributed by atoms with E-state index in [0.717, 1.165) is 16.7 Å². The number of amides is 1. The monoisotopic (exact) mass is 317 g/mol. The molecular formula is C18H20ClNO2. The summed E-state index contributed by atoms with van der Waals surface area (Å²) in [6, 6.07) is 13.3. The summed E-state index contributed by atoms with van der Waals surface area (Å²) < 4.78 is 5.71. The van der Waals surface area contributed by atoms with Gasteiger partial charge in [-0.25, -0.2) is 0 Å². The van der Waals surface area contributed by atoms with Crippen LogP contribution in [-0.2, 0) is 11.3 Å². The molecule has 116 valence electrons. The molecule has 0 unspecified atom stereocenters. The molecule has 0 aliphatic carbocycles. The number of ether oxygens (including phenoxy) is 1. The molecule has 0 saturated heterocycles. The zero-order valence-electron chi connectivity index (χ0n) is 13.0. The quantitative estimate of drug-likeness (QED) is 0.903. The Morgan fingerprint density at radius 1 is 1.14 bits per heavy atom. The molecule has 0 fully saturated rings. The van der Waals surface area contributed by atoms with Gasteiger partial charge in [0, 0.05) is 11.6 Å². The van der Waals surface area contributed by atoms with Gasteiger partial charge in [-0.15, -0.1) is 0 Å². The first kappa shape index (κ1) is 16.4. The standard InChI is InChI=1S/C18H20ClNO2/c1-12-8-13(2)10-17(9-12)22-14(3)18(21)20-11-15-4-6-16(19)7-5-15/h4-10,14H,11H2,1-3H3,(H,20,21)/t14-/m0/s1. The lowest BCUT2D eigenvalue weighted by atomic mass is 10.1. The summed E-state index contributed by atoms with van der Waals surface area (Å²) in [7, 11) is 0. The molecule has 0 bridgehead atoms. The summed E-state index contributed by atoms with van der Waals surface area (Å²) in [5, 5.41) is 3.54. The van der Waals surface area contributed by atoms with Crippen molar-refractivity contribution in [3.05, 3.63) is 64.2 Å². The van der Waals surface area contributed by atoms with Crippen LogP contribution in [0.2, 0.25) is 5.02 Å². The van der Waals surface area contributed by atoms with E-state index in [2.05, 4.69) is 11.4 Å². The van der Waals surface area contributed by atoms with E-state index >= 15 is 0 Å². The maximum absolute atomic E-state index is 12.1. The van der Waals surface area contributed by atoms with Crippen LogP contribution < -0.4 is 10.1 Å². The maximum Gasteiger partial charge on any atom is 0.261 e. The van der Waals surface area contributed by atoms with Gasteiger partial charge in [0.2, 0.25) is 0 Å². The van der Waals surface area contributed by atoms with E-state index in [-0.39, 0.29) is 5.91 Å². The Labute approximate surface area is 136 Å². The van der Waals surface area contributed by atoms with Crippen LogP contribution in [0.25, 0.3) is 0 Å². The second kappa shape index (κ2) is 7.32. The highest BCUT2D eigenvalue weighted by molar-refractivity contribution is 6.30. The lowest BCUT2D eigenvalue weighted by Gasteiger charge is -2.15. The molecular weight excluding hydrogens is 298 g/mol. The van der Waals surface area contributed by atoms with E-state index in [9.17, 15) is 4.79 Å². The lowest BCUT2D eigenvalue weighted by molar-refractivity contribution is -0.127. The van der Waals surface area contributed by atoms with Crippen molar-refractivity contribution in [3.63, 3.8) is 0 Å². The molecule has 22 heavy (non-hydrogen) atoms. The van der Waals surface area contributed by atoms with Crippen LogP contribution in [0.4, 0.5) is 0 Å². The second-order valence-electron chi connectivity index (χ2n) is 5.43. The Kier molecular flexibility index (Phi) is 5.45. The van der Waals surface area contributed by atoms with Crippen LogP contribution in [-0.4, -0.2) is 12.0 Å². The average molecular weight is 318 g/mol. The van der Waals surface area contributed by atoms with E-state index in [1.807, 2.05) is 38.1 Å². The maximum atomic E-state index is 12.1. The summed E-state index contributed by atoms with van der Waals surface area (Å²) in [5.41, 5.74) is 3.23. The second-order valence-corrected chi connectivity index (χ2v) is 5.86. The molecule has 1 N–H and O–H groups in total. The minimum atomic E-state index is -0.548. The molecule has 2 aromatic carbocycles. The van der Waals surface area contributed by atoms with Crippen molar-refractivity contribution in [2.75, 3.05) is 0 Å². The lowest BCUT2D eigenvalue weighted by Crippen LogP contribution is -2.35. The minimum Gasteiger partial charge on any atom is -0.481 e. The molecule has 2 aromatic rings. The van der Waals surface area contributed by atoms with E-state index in [1.165, 1.54) is 0 Å². The molecule has 1 amide bonds. The van der Waals surface area contributed by atoms with Crippen LogP contribution in [0.15, 0.2) is 42.5 Å². The number of rotatable bonds is 5. The zero-order valence-corrected chi connectivity index (χ0v) is 13.8. The van der Waals surface area contributed by atoms with Crippen LogP contribution >= 0.6 is 11.6 Å². The van der Waals surface area contributed by atoms with Crippen molar-refractivity contribution >= 4 is 17.5 Å². The van der Waals surface area contributed by atoms with Gasteiger partial charge in [0.1, 0.15) is 5.75 Å². The molecule has 0 aromatic heterocycles. The molecule has 0 spiro atoms. The van der Waals surface area contributed by atoms with Gasteiger partial charge in [-0.05, 0) is 61.7 Å². The Morgan fingerprint density at radius 2 is 1.73 bits per heavy atom. The highest BCUT2D eigenvalue weighted by Crippen LogP contribution is 2.17. The third-order valence-electron chi connectivity index (χ3n) is 3.26. The number of benzene rings is 2. The van der Waals surface area contributed by atoms with Gasteiger partial charge in [-0.1, -0.05) is 29.8 Å². The normalized spacial score (nSPS) is 11.8. The molecule has 0 aliphatic rings. The largest absolute Gasteiger partial charge is 0.481 e. The summed E-state index contributed by atoms with van der Waals surface area (Å²) in [6.45, 7) is 6.21. The van der Waals surface area contributed by atoms with E-state index in [1.54, 1.807) is 19.1 Å². The molecule has 0 saturated carbocycles. The molecule has 4 heteroatoms. The fraction of sp³-hybridized carbons (Fsp3) is 0.278. The van der Waals surface area contributed by atoms with Crippen molar-refractivity contribution in [2.24, 2.45) is 0 Å². The highest BCUT2D eigenvalue weighted by atomic mass is 35.5. The molecule has 0 aliphatic heterocycles. The highest BCUT2D eigenvalue weighted by Gasteiger charge is 2.14. The fourth-order valence-electron chi connectivity index (χ4n) is 2.19. The van der Waals surface area contributed by atoms with Crippen molar-refractivity contribution < 1.29 is 9.53 Å². The Hall–Kier alpha value is -2.00. The first-order valence-corrected chi connectivity index (χ1v) is 7.59. The molecule has 0 radical (unpaired) electrons. The van der Waals surface area contributed by atoms with E-state index in [4.69, 9.17) is 16.3 Å². The Balaban J connectivity index is 1.90. The predicted molar refractivity (Wildman–Crippen MR) is 89.3 cm³/mol. The summed E-state index contributed by atoms with van der Waals surface area (Å²) in [6.07, 6.45) is -0.548. The van der Waals surface area contributed by atoms with Gasteiger partial charge in [0.25, 0.3) is 5.91 Å². The smallest absolute Gasteiger partial charge is 0.261 e. The first-order valence-electron chi connectivity index (χ1n) is 7.21. The van der Waals surface area contributed by atoms with Crippen LogP contribution in [0.5, 0.6) is 5.75 Å². The van der Waals surface area contributed by atoms with Crippen molar-refractivity contribution in [1.82, 2.24) is 5.32 Å². The van der Waals surface area contributed by atoms with Crippen LogP contribution in [0, 0.1) is 13.8 Å². The number of hydrogen-bond acceptors (Lipinski definition) is 2. The van der Waals surface area contributed by atoms with Crippen molar-refractivity contribution in [1.29, 1.82) is 0 Å². The van der Waals surface area contributed by atoms with Crippen molar-refractivity contribution in [2.45, 2.75) is 33.4 Å². The minimum absolute atomic E-state index is 0.144. The van der Waals surface area contributed by atoms with E-state index in [0.29, 0.717) is 17.3 Å². The summed E-state index contributed by atoms with van der Waals surface area (Å²) in [5.74, 6) is 0.570. The molecule has 1 atom stereocenters. The van der Waals surface area contributed by atoms with Crippen molar-refractivity contribution in [3.8, 4) is 5.75 Å². The number of nitrogens with one attached hydrogen (secondary N) is 1. The Morgan fingerprint density at radius 3 is 2.32 bits per heavy atom. The van der Waals surface area contributed by atoms with Gasteiger partial charge in [0.15, 0.2) is 6.10 Å². The Bertz CT molecular complexity index is 632. The van der Waals surface area contributed by atoms with Gasteiger partial charge >= 0.3 is 0 Å². The van der Waals surface area contributed by atoms with Gasteiger partial charge in [-0.2, -0.15) is 0 Å². The number of halogens is 1.